The lowest BCUT2D eigenvalue weighted by atomic mass is 10.1. The molecular weight excluding hydrogens is 412 g/mol. The highest BCUT2D eigenvalue weighted by atomic mass is 16.2. The van der Waals surface area contributed by atoms with Gasteiger partial charge in [0.2, 0.25) is 17.7 Å². The molecule has 2 aromatic rings. The summed E-state index contributed by atoms with van der Waals surface area (Å²) in [4.78, 5) is 55.6. The Labute approximate surface area is 186 Å². The lowest BCUT2D eigenvalue weighted by molar-refractivity contribution is -0.132. The van der Waals surface area contributed by atoms with Gasteiger partial charge in [0.1, 0.15) is 12.1 Å². The molecule has 0 saturated heterocycles. The Morgan fingerprint density at radius 3 is 2.41 bits per heavy atom. The number of aromatic amines is 1. The molecule has 0 bridgehead atoms. The van der Waals surface area contributed by atoms with Crippen LogP contribution in [0.15, 0.2) is 36.8 Å². The maximum atomic E-state index is 12.9. The van der Waals surface area contributed by atoms with Crippen molar-refractivity contribution in [3.8, 4) is 0 Å². The van der Waals surface area contributed by atoms with E-state index in [1.54, 1.807) is 6.20 Å². The number of imidazole rings is 1. The van der Waals surface area contributed by atoms with E-state index in [0.29, 0.717) is 11.9 Å². The smallest absolute Gasteiger partial charge is 0.243 e. The van der Waals surface area contributed by atoms with Crippen molar-refractivity contribution < 1.29 is 19.2 Å². The van der Waals surface area contributed by atoms with Crippen molar-refractivity contribution >= 4 is 29.7 Å². The molecular formula is C22H28N6O4. The highest BCUT2D eigenvalue weighted by molar-refractivity contribution is 6.26. The summed E-state index contributed by atoms with van der Waals surface area (Å²) < 4.78 is 0. The van der Waals surface area contributed by atoms with Gasteiger partial charge in [-0.25, -0.2) is 4.98 Å². The van der Waals surface area contributed by atoms with Gasteiger partial charge >= 0.3 is 0 Å². The van der Waals surface area contributed by atoms with Crippen molar-refractivity contribution in [2.24, 2.45) is 0 Å². The van der Waals surface area contributed by atoms with Gasteiger partial charge in [-0.2, -0.15) is 0 Å². The number of ketones is 1. The van der Waals surface area contributed by atoms with E-state index >= 15 is 0 Å². The topological polar surface area (TPSA) is 157 Å². The van der Waals surface area contributed by atoms with Crippen LogP contribution in [0.3, 0.4) is 0 Å². The standard InChI is InChI=1S/C22H28N6O4/c1-14-3-5-16(6-4-14)11-25-21(31)19(8-7-18(30)10-23)28-22(32)20(27-15(2)29)9-17-12-24-13-26-17/h3-6,10,12-13,19-20,23H,7-9,11H2,1-2H3,(H,24,26)(H,25,31)(H,27,29)(H,28,32)/t19-,20-/m0/s1. The van der Waals surface area contributed by atoms with Crippen molar-refractivity contribution in [1.29, 1.82) is 5.41 Å². The van der Waals surface area contributed by atoms with E-state index in [9.17, 15) is 19.2 Å². The van der Waals surface area contributed by atoms with Crippen LogP contribution < -0.4 is 16.0 Å². The lowest BCUT2D eigenvalue weighted by Gasteiger charge is -2.22. The van der Waals surface area contributed by atoms with Crippen molar-refractivity contribution in [3.63, 3.8) is 0 Å². The number of hydrogen-bond acceptors (Lipinski definition) is 6. The van der Waals surface area contributed by atoms with Gasteiger partial charge < -0.3 is 26.3 Å². The van der Waals surface area contributed by atoms with Crippen molar-refractivity contribution in [1.82, 2.24) is 25.9 Å². The molecule has 0 saturated carbocycles. The van der Waals surface area contributed by atoms with Crippen molar-refractivity contribution in [2.45, 2.75) is 51.7 Å². The van der Waals surface area contributed by atoms with Crippen molar-refractivity contribution in [3.05, 3.63) is 53.6 Å². The fourth-order valence-electron chi connectivity index (χ4n) is 2.98. The molecule has 0 aliphatic carbocycles. The van der Waals surface area contributed by atoms with Gasteiger partial charge in [0.15, 0.2) is 5.78 Å². The normalized spacial score (nSPS) is 12.3. The van der Waals surface area contributed by atoms with E-state index in [0.717, 1.165) is 11.1 Å². The van der Waals surface area contributed by atoms with Gasteiger partial charge in [-0.1, -0.05) is 29.8 Å². The lowest BCUT2D eigenvalue weighted by Crippen LogP contribution is -2.54. The zero-order valence-corrected chi connectivity index (χ0v) is 18.1. The molecule has 0 radical (unpaired) electrons. The number of carbonyl (C=O) groups is 4. The second-order valence-electron chi connectivity index (χ2n) is 7.43. The van der Waals surface area contributed by atoms with Crippen LogP contribution in [-0.2, 0) is 32.1 Å². The Morgan fingerprint density at radius 1 is 1.09 bits per heavy atom. The first-order chi connectivity index (χ1) is 15.3. The molecule has 32 heavy (non-hydrogen) atoms. The van der Waals surface area contributed by atoms with E-state index < -0.39 is 35.6 Å². The molecule has 1 aromatic carbocycles. The summed E-state index contributed by atoms with van der Waals surface area (Å²) in [6.45, 7) is 3.51. The Kier molecular flexibility index (Phi) is 9.27. The monoisotopic (exact) mass is 440 g/mol. The Bertz CT molecular complexity index is 940. The Morgan fingerprint density at radius 2 is 1.81 bits per heavy atom. The minimum Gasteiger partial charge on any atom is -0.351 e. The average Bonchev–Trinajstić information content (AvgIpc) is 3.28. The molecule has 3 amide bonds. The molecule has 0 aliphatic rings. The average molecular weight is 441 g/mol. The Balaban J connectivity index is 2.08. The summed E-state index contributed by atoms with van der Waals surface area (Å²) in [7, 11) is 0. The minimum absolute atomic E-state index is 0.0227. The molecule has 10 heteroatoms. The summed E-state index contributed by atoms with van der Waals surface area (Å²) in [5.41, 5.74) is 2.55. The number of Topliss-reactive ketones (excluding diaryl/α,β-unsaturated/α-hetero) is 1. The number of aryl methyl sites for hydroxylation is 1. The van der Waals surface area contributed by atoms with Crippen LogP contribution in [0.4, 0.5) is 0 Å². The number of aromatic nitrogens is 2. The van der Waals surface area contributed by atoms with E-state index in [4.69, 9.17) is 5.41 Å². The SMILES string of the molecule is CC(=O)N[C@@H](Cc1c[nH]cn1)C(=O)N[C@@H](CCC(=O)C=N)C(=O)NCc1ccc(C)cc1. The van der Waals surface area contributed by atoms with Crippen LogP contribution in [-0.4, -0.2) is 51.8 Å². The summed E-state index contributed by atoms with van der Waals surface area (Å²) >= 11 is 0. The van der Waals surface area contributed by atoms with Crippen LogP contribution >= 0.6 is 0 Å². The first-order valence-corrected chi connectivity index (χ1v) is 10.2. The molecule has 0 fully saturated rings. The quantitative estimate of drug-likeness (QED) is 0.305. The van der Waals surface area contributed by atoms with Gasteiger partial charge in [0, 0.05) is 32.5 Å². The molecule has 1 aromatic heterocycles. The molecule has 2 rings (SSSR count). The van der Waals surface area contributed by atoms with Gasteiger partial charge in [-0.05, 0) is 18.9 Å². The van der Waals surface area contributed by atoms with Gasteiger partial charge in [0.25, 0.3) is 0 Å². The van der Waals surface area contributed by atoms with Gasteiger partial charge in [-0.15, -0.1) is 0 Å². The van der Waals surface area contributed by atoms with Crippen molar-refractivity contribution in [2.75, 3.05) is 0 Å². The zero-order valence-electron chi connectivity index (χ0n) is 18.1. The largest absolute Gasteiger partial charge is 0.351 e. The maximum Gasteiger partial charge on any atom is 0.243 e. The summed E-state index contributed by atoms with van der Waals surface area (Å²) in [6, 6.07) is 5.68. The molecule has 10 nitrogen and oxygen atoms in total. The number of nitrogens with zero attached hydrogens (tertiary/aromatic N) is 1. The second kappa shape index (κ2) is 12.1. The first kappa shape index (κ1) is 24.4. The summed E-state index contributed by atoms with van der Waals surface area (Å²) in [6.07, 6.45) is 3.83. The van der Waals surface area contributed by atoms with E-state index in [-0.39, 0.29) is 25.8 Å². The number of rotatable bonds is 12. The highest BCUT2D eigenvalue weighted by Crippen LogP contribution is 2.06. The number of hydrogen-bond donors (Lipinski definition) is 5. The fraction of sp³-hybridized carbons (Fsp3) is 0.364. The first-order valence-electron chi connectivity index (χ1n) is 10.2. The van der Waals surface area contributed by atoms with E-state index in [1.807, 2.05) is 31.2 Å². The second-order valence-corrected chi connectivity index (χ2v) is 7.43. The Hall–Kier alpha value is -3.82. The molecule has 0 spiro atoms. The third kappa shape index (κ3) is 8.13. The third-order valence-corrected chi connectivity index (χ3v) is 4.72. The summed E-state index contributed by atoms with van der Waals surface area (Å²) in [5.74, 6) is -1.88. The molecule has 5 N–H and O–H groups in total. The number of carbonyl (C=O) groups excluding carboxylic acids is 4. The minimum atomic E-state index is -1.01. The van der Waals surface area contributed by atoms with Crippen LogP contribution in [0.1, 0.15) is 36.6 Å². The van der Waals surface area contributed by atoms with E-state index in [2.05, 4.69) is 25.9 Å². The third-order valence-electron chi connectivity index (χ3n) is 4.72. The number of amides is 3. The molecule has 1 heterocycles. The van der Waals surface area contributed by atoms with Gasteiger partial charge in [-0.3, -0.25) is 19.2 Å². The molecule has 0 aliphatic heterocycles. The van der Waals surface area contributed by atoms with Gasteiger partial charge in [0.05, 0.1) is 18.2 Å². The van der Waals surface area contributed by atoms with E-state index in [1.165, 1.54) is 13.3 Å². The predicted molar refractivity (Wildman–Crippen MR) is 118 cm³/mol. The zero-order chi connectivity index (χ0) is 23.5. The fourth-order valence-corrected chi connectivity index (χ4v) is 2.98. The number of H-pyrrole nitrogens is 1. The summed E-state index contributed by atoms with van der Waals surface area (Å²) in [5, 5.41) is 15.0. The highest BCUT2D eigenvalue weighted by Gasteiger charge is 2.27. The molecule has 0 unspecified atom stereocenters. The number of benzene rings is 1. The van der Waals surface area contributed by atoms with Crippen LogP contribution in [0.25, 0.3) is 0 Å². The molecule has 2 atom stereocenters. The molecule has 170 valence electrons. The maximum absolute atomic E-state index is 12.9. The number of nitrogens with one attached hydrogen (secondary N) is 5. The van der Waals surface area contributed by atoms with Crippen LogP contribution in [0.2, 0.25) is 0 Å². The van der Waals surface area contributed by atoms with Crippen LogP contribution in [0, 0.1) is 12.3 Å². The predicted octanol–water partition coefficient (Wildman–Crippen LogP) is 0.565. The van der Waals surface area contributed by atoms with Crippen LogP contribution in [0.5, 0.6) is 0 Å².